The lowest BCUT2D eigenvalue weighted by Crippen LogP contribution is -2.36. The minimum absolute atomic E-state index is 0. The van der Waals surface area contributed by atoms with E-state index in [0.29, 0.717) is 0 Å². The first-order valence-electron chi connectivity index (χ1n) is 5.79. The molecule has 0 aliphatic carbocycles. The lowest BCUT2D eigenvalue weighted by atomic mass is 10.4. The van der Waals surface area contributed by atoms with Crippen LogP contribution in [0.4, 0.5) is 0 Å². The van der Waals surface area contributed by atoms with Crippen LogP contribution in [0, 0.1) is 0 Å². The van der Waals surface area contributed by atoms with Crippen LogP contribution in [0.2, 0.25) is 0 Å². The van der Waals surface area contributed by atoms with E-state index >= 15 is 0 Å². The molecule has 1 aliphatic heterocycles. The highest BCUT2D eigenvalue weighted by atomic mass is 16.5. The van der Waals surface area contributed by atoms with Gasteiger partial charge in [-0.3, -0.25) is 4.90 Å². The van der Waals surface area contributed by atoms with E-state index in [4.69, 9.17) is 4.74 Å². The molecule has 0 aromatic rings. The first kappa shape index (κ1) is 13.9. The topological polar surface area (TPSA) is 24.5 Å². The lowest BCUT2D eigenvalue weighted by molar-refractivity contribution is 0.0380. The molecular weight excluding hydrogens is 176 g/mol. The van der Waals surface area contributed by atoms with Gasteiger partial charge in [-0.2, -0.15) is 0 Å². The third kappa shape index (κ3) is 8.48. The number of hydrogen-bond acceptors (Lipinski definition) is 3. The van der Waals surface area contributed by atoms with E-state index in [-0.39, 0.29) is 1.43 Å². The average Bonchev–Trinajstić information content (AvgIpc) is 2.22. The van der Waals surface area contributed by atoms with Crippen molar-refractivity contribution in [3.63, 3.8) is 0 Å². The highest BCUT2D eigenvalue weighted by Gasteiger charge is 2.07. The maximum absolute atomic E-state index is 5.20. The molecule has 0 aromatic carbocycles. The Morgan fingerprint density at radius 3 is 2.21 bits per heavy atom. The van der Waals surface area contributed by atoms with Gasteiger partial charge in [0.25, 0.3) is 0 Å². The zero-order valence-corrected chi connectivity index (χ0v) is 10.0. The Hall–Kier alpha value is -0.120. The molecule has 0 unspecified atom stereocenters. The monoisotopic (exact) mass is 204 g/mol. The quantitative estimate of drug-likeness (QED) is 0.752. The Labute approximate surface area is 90.3 Å². The summed E-state index contributed by atoms with van der Waals surface area (Å²) in [6.45, 7) is 10.9. The Balaban J connectivity index is 0. The molecule has 1 heterocycles. The van der Waals surface area contributed by atoms with Crippen LogP contribution in [0.25, 0.3) is 0 Å². The Bertz CT molecular complexity index is 104. The SMILES string of the molecule is CCCN1CCOCC1.CCCNC.[HH]. The smallest absolute Gasteiger partial charge is 0.0594 e. The van der Waals surface area contributed by atoms with Gasteiger partial charge in [-0.05, 0) is 33.0 Å². The van der Waals surface area contributed by atoms with Crippen molar-refractivity contribution in [2.45, 2.75) is 26.7 Å². The fourth-order valence-corrected chi connectivity index (χ4v) is 1.39. The summed E-state index contributed by atoms with van der Waals surface area (Å²) in [7, 11) is 1.96. The van der Waals surface area contributed by atoms with Crippen molar-refractivity contribution >= 4 is 0 Å². The fourth-order valence-electron chi connectivity index (χ4n) is 1.39. The van der Waals surface area contributed by atoms with Crippen LogP contribution < -0.4 is 5.32 Å². The molecule has 1 rings (SSSR count). The predicted molar refractivity (Wildman–Crippen MR) is 63.9 cm³/mol. The summed E-state index contributed by atoms with van der Waals surface area (Å²) in [6, 6.07) is 0. The van der Waals surface area contributed by atoms with Gasteiger partial charge in [-0.15, -0.1) is 0 Å². The Morgan fingerprint density at radius 1 is 1.21 bits per heavy atom. The van der Waals surface area contributed by atoms with Crippen molar-refractivity contribution in [1.82, 2.24) is 10.2 Å². The third-order valence-electron chi connectivity index (χ3n) is 2.14. The first-order valence-corrected chi connectivity index (χ1v) is 5.79. The van der Waals surface area contributed by atoms with Crippen LogP contribution in [-0.4, -0.2) is 51.3 Å². The second-order valence-corrected chi connectivity index (χ2v) is 3.56. The summed E-state index contributed by atoms with van der Waals surface area (Å²) in [5, 5.41) is 3.02. The van der Waals surface area contributed by atoms with Crippen LogP contribution in [-0.2, 0) is 4.74 Å². The van der Waals surface area contributed by atoms with Gasteiger partial charge in [0.15, 0.2) is 0 Å². The Kier molecular flexibility index (Phi) is 10.9. The summed E-state index contributed by atoms with van der Waals surface area (Å²) in [6.07, 6.45) is 2.50. The summed E-state index contributed by atoms with van der Waals surface area (Å²) in [5.74, 6) is 0. The molecule has 0 amide bonds. The normalized spacial score (nSPS) is 17.4. The van der Waals surface area contributed by atoms with Gasteiger partial charge < -0.3 is 10.1 Å². The maximum atomic E-state index is 5.20. The van der Waals surface area contributed by atoms with E-state index in [0.717, 1.165) is 32.8 Å². The van der Waals surface area contributed by atoms with Gasteiger partial charge in [0.1, 0.15) is 0 Å². The molecule has 0 saturated carbocycles. The standard InChI is InChI=1S/C7H15NO.C4H11N.H2/c1-2-3-8-4-6-9-7-5-8;1-3-4-5-2;/h2-7H2,1H3;5H,3-4H2,1-2H3;1H. The summed E-state index contributed by atoms with van der Waals surface area (Å²) in [5.41, 5.74) is 0. The van der Waals surface area contributed by atoms with E-state index in [2.05, 4.69) is 24.1 Å². The largest absolute Gasteiger partial charge is 0.379 e. The number of morpholine rings is 1. The van der Waals surface area contributed by atoms with Crippen molar-refractivity contribution in [2.24, 2.45) is 0 Å². The van der Waals surface area contributed by atoms with Crippen LogP contribution in [0.5, 0.6) is 0 Å². The second-order valence-electron chi connectivity index (χ2n) is 3.56. The minimum Gasteiger partial charge on any atom is -0.379 e. The lowest BCUT2D eigenvalue weighted by Gasteiger charge is -2.25. The van der Waals surface area contributed by atoms with Gasteiger partial charge >= 0.3 is 0 Å². The molecule has 0 atom stereocenters. The van der Waals surface area contributed by atoms with E-state index in [1.165, 1.54) is 19.4 Å². The third-order valence-corrected chi connectivity index (χ3v) is 2.14. The number of nitrogens with one attached hydrogen (secondary N) is 1. The zero-order chi connectivity index (χ0) is 10.6. The van der Waals surface area contributed by atoms with E-state index in [1.54, 1.807) is 0 Å². The molecule has 0 radical (unpaired) electrons. The molecule has 1 N–H and O–H groups in total. The summed E-state index contributed by atoms with van der Waals surface area (Å²) < 4.78 is 5.20. The van der Waals surface area contributed by atoms with Gasteiger partial charge in [0.2, 0.25) is 0 Å². The molecular formula is C11H28N2O. The maximum Gasteiger partial charge on any atom is 0.0594 e. The predicted octanol–water partition coefficient (Wildman–Crippen LogP) is 1.59. The van der Waals surface area contributed by atoms with Crippen molar-refractivity contribution in [3.8, 4) is 0 Å². The van der Waals surface area contributed by atoms with Gasteiger partial charge in [0.05, 0.1) is 13.2 Å². The van der Waals surface area contributed by atoms with Gasteiger partial charge in [-0.25, -0.2) is 0 Å². The van der Waals surface area contributed by atoms with Crippen LogP contribution in [0.1, 0.15) is 28.1 Å². The molecule has 1 fully saturated rings. The van der Waals surface area contributed by atoms with Crippen molar-refractivity contribution < 1.29 is 6.16 Å². The molecule has 1 saturated heterocycles. The number of hydrogen-bond donors (Lipinski definition) is 1. The van der Waals surface area contributed by atoms with Crippen LogP contribution in [0.3, 0.4) is 0 Å². The van der Waals surface area contributed by atoms with E-state index < -0.39 is 0 Å². The molecule has 3 nitrogen and oxygen atoms in total. The number of rotatable bonds is 4. The van der Waals surface area contributed by atoms with E-state index in [1.807, 2.05) is 7.05 Å². The summed E-state index contributed by atoms with van der Waals surface area (Å²) >= 11 is 0. The number of ether oxygens (including phenoxy) is 1. The highest BCUT2D eigenvalue weighted by molar-refractivity contribution is 4.59. The molecule has 88 valence electrons. The highest BCUT2D eigenvalue weighted by Crippen LogP contribution is 1.96. The van der Waals surface area contributed by atoms with Gasteiger partial charge in [-0.1, -0.05) is 13.8 Å². The fraction of sp³-hybridized carbons (Fsp3) is 1.00. The van der Waals surface area contributed by atoms with Crippen molar-refractivity contribution in [1.29, 1.82) is 0 Å². The van der Waals surface area contributed by atoms with Crippen molar-refractivity contribution in [2.75, 3.05) is 46.4 Å². The molecule has 1 aliphatic rings. The van der Waals surface area contributed by atoms with Crippen LogP contribution >= 0.6 is 0 Å². The van der Waals surface area contributed by atoms with Gasteiger partial charge in [0, 0.05) is 14.5 Å². The molecule has 0 spiro atoms. The average molecular weight is 204 g/mol. The van der Waals surface area contributed by atoms with E-state index in [9.17, 15) is 0 Å². The minimum atomic E-state index is 0. The molecule has 0 aromatic heterocycles. The first-order chi connectivity index (χ1) is 6.85. The summed E-state index contributed by atoms with van der Waals surface area (Å²) in [4.78, 5) is 2.45. The molecule has 14 heavy (non-hydrogen) atoms. The molecule has 0 bridgehead atoms. The zero-order valence-electron chi connectivity index (χ0n) is 10.0. The second kappa shape index (κ2) is 11.0. The number of nitrogens with zero attached hydrogens (tertiary/aromatic N) is 1. The van der Waals surface area contributed by atoms with Crippen molar-refractivity contribution in [3.05, 3.63) is 0 Å². The van der Waals surface area contributed by atoms with Crippen LogP contribution in [0.15, 0.2) is 0 Å². The molecule has 3 heteroatoms. The Morgan fingerprint density at radius 2 is 1.86 bits per heavy atom.